The zero-order valence-electron chi connectivity index (χ0n) is 10.3. The zero-order valence-corrected chi connectivity index (χ0v) is 11.8. The lowest BCUT2D eigenvalue weighted by Gasteiger charge is -2.22. The molecule has 0 atom stereocenters. The molecule has 1 aromatic heterocycles. The van der Waals surface area contributed by atoms with Crippen molar-refractivity contribution in [3.63, 3.8) is 0 Å². The largest absolute Gasteiger partial charge is 0.337 e. The second-order valence-electron chi connectivity index (χ2n) is 4.66. The van der Waals surface area contributed by atoms with E-state index in [2.05, 4.69) is 11.9 Å². The molecule has 0 spiro atoms. The highest BCUT2D eigenvalue weighted by Crippen LogP contribution is 2.30. The molecule has 0 unspecified atom stereocenters. The third-order valence-electron chi connectivity index (χ3n) is 2.97. The highest BCUT2D eigenvalue weighted by atomic mass is 35.5. The number of carbonyl (C=O) groups is 1. The summed E-state index contributed by atoms with van der Waals surface area (Å²) in [5, 5.41) is 0.659. The number of nitrogens with zero attached hydrogens (tertiary/aromatic N) is 2. The van der Waals surface area contributed by atoms with Gasteiger partial charge < -0.3 is 4.90 Å². The van der Waals surface area contributed by atoms with Crippen LogP contribution in [0.2, 0.25) is 10.2 Å². The summed E-state index contributed by atoms with van der Waals surface area (Å²) in [6.45, 7) is 3.59. The lowest BCUT2D eigenvalue weighted by atomic mass is 10.2. The molecule has 1 amide bonds. The zero-order chi connectivity index (χ0) is 13.1. The molecule has 0 N–H and O–H groups in total. The van der Waals surface area contributed by atoms with Crippen molar-refractivity contribution in [2.75, 3.05) is 13.1 Å². The van der Waals surface area contributed by atoms with E-state index in [9.17, 15) is 4.79 Å². The maximum Gasteiger partial charge on any atom is 0.274 e. The topological polar surface area (TPSA) is 33.2 Å². The van der Waals surface area contributed by atoms with Crippen LogP contribution in [0.5, 0.6) is 0 Å². The molecule has 1 saturated carbocycles. The average molecular weight is 287 g/mol. The monoisotopic (exact) mass is 286 g/mol. The highest BCUT2D eigenvalue weighted by molar-refractivity contribution is 6.34. The summed E-state index contributed by atoms with van der Waals surface area (Å²) in [5.74, 6) is 0.537. The van der Waals surface area contributed by atoms with Gasteiger partial charge in [0.25, 0.3) is 5.91 Å². The Hall–Kier alpha value is -0.800. The number of rotatable bonds is 5. The van der Waals surface area contributed by atoms with Crippen molar-refractivity contribution in [3.8, 4) is 0 Å². The van der Waals surface area contributed by atoms with Crippen molar-refractivity contribution in [1.82, 2.24) is 9.88 Å². The number of pyridine rings is 1. The Morgan fingerprint density at radius 1 is 1.44 bits per heavy atom. The minimum atomic E-state index is -0.115. The summed E-state index contributed by atoms with van der Waals surface area (Å²) < 4.78 is 0. The number of aromatic nitrogens is 1. The van der Waals surface area contributed by atoms with Gasteiger partial charge in [-0.05, 0) is 37.3 Å². The number of hydrogen-bond acceptors (Lipinski definition) is 2. The minimum Gasteiger partial charge on any atom is -0.337 e. The Labute approximate surface area is 117 Å². The molecule has 0 aliphatic heterocycles. The van der Waals surface area contributed by atoms with Crippen molar-refractivity contribution in [1.29, 1.82) is 0 Å². The van der Waals surface area contributed by atoms with E-state index in [0.717, 1.165) is 19.5 Å². The van der Waals surface area contributed by atoms with Crippen molar-refractivity contribution >= 4 is 29.1 Å². The molecule has 1 aromatic rings. The fraction of sp³-hybridized carbons (Fsp3) is 0.538. The van der Waals surface area contributed by atoms with Crippen LogP contribution < -0.4 is 0 Å². The quantitative estimate of drug-likeness (QED) is 0.774. The van der Waals surface area contributed by atoms with Crippen LogP contribution in [-0.2, 0) is 0 Å². The van der Waals surface area contributed by atoms with E-state index in [1.165, 1.54) is 12.8 Å². The standard InChI is InChI=1S/C13H16Cl2N2O/c1-2-7-17(8-9-3-4-9)13(18)12-10(14)5-6-11(15)16-12/h5-6,9H,2-4,7-8H2,1H3. The molecule has 0 radical (unpaired) electrons. The first-order valence-electron chi connectivity index (χ1n) is 6.23. The first-order chi connectivity index (χ1) is 8.61. The van der Waals surface area contributed by atoms with Crippen LogP contribution in [0.4, 0.5) is 0 Å². The Kier molecular flexibility index (Phi) is 4.46. The Balaban J connectivity index is 2.17. The molecule has 1 fully saturated rings. The van der Waals surface area contributed by atoms with Crippen LogP contribution in [0.15, 0.2) is 12.1 Å². The van der Waals surface area contributed by atoms with Gasteiger partial charge >= 0.3 is 0 Å². The van der Waals surface area contributed by atoms with Crippen molar-refractivity contribution < 1.29 is 4.79 Å². The summed E-state index contributed by atoms with van der Waals surface area (Å²) in [6, 6.07) is 3.21. The molecule has 1 aliphatic rings. The second kappa shape index (κ2) is 5.89. The van der Waals surface area contributed by atoms with Gasteiger partial charge in [0.2, 0.25) is 0 Å². The Morgan fingerprint density at radius 2 is 2.17 bits per heavy atom. The van der Waals surface area contributed by atoms with Crippen LogP contribution in [0.25, 0.3) is 0 Å². The molecule has 3 nitrogen and oxygen atoms in total. The molecule has 0 bridgehead atoms. The smallest absolute Gasteiger partial charge is 0.274 e. The van der Waals surface area contributed by atoms with Gasteiger partial charge in [0, 0.05) is 13.1 Å². The van der Waals surface area contributed by atoms with E-state index >= 15 is 0 Å². The lowest BCUT2D eigenvalue weighted by molar-refractivity contribution is 0.0742. The molecule has 1 aliphatic carbocycles. The van der Waals surface area contributed by atoms with E-state index in [-0.39, 0.29) is 11.6 Å². The summed E-state index contributed by atoms with van der Waals surface area (Å²) in [7, 11) is 0. The molecule has 5 heteroatoms. The van der Waals surface area contributed by atoms with E-state index in [1.807, 2.05) is 4.90 Å². The van der Waals surface area contributed by atoms with E-state index < -0.39 is 0 Å². The van der Waals surface area contributed by atoms with E-state index in [0.29, 0.717) is 16.1 Å². The molecular weight excluding hydrogens is 271 g/mol. The molecule has 0 aromatic carbocycles. The number of hydrogen-bond donors (Lipinski definition) is 0. The summed E-state index contributed by atoms with van der Waals surface area (Å²) in [6.07, 6.45) is 3.35. The second-order valence-corrected chi connectivity index (χ2v) is 5.45. The SMILES string of the molecule is CCCN(CC1CC1)C(=O)c1nc(Cl)ccc1Cl. The molecule has 0 saturated heterocycles. The average Bonchev–Trinajstić information content (AvgIpc) is 3.15. The summed E-state index contributed by atoms with van der Waals surface area (Å²) in [5.41, 5.74) is 0.262. The molecule has 18 heavy (non-hydrogen) atoms. The van der Waals surface area contributed by atoms with Gasteiger partial charge in [-0.3, -0.25) is 4.79 Å². The van der Waals surface area contributed by atoms with E-state index in [4.69, 9.17) is 23.2 Å². The first-order valence-corrected chi connectivity index (χ1v) is 6.98. The van der Waals surface area contributed by atoms with Crippen molar-refractivity contribution in [2.45, 2.75) is 26.2 Å². The van der Waals surface area contributed by atoms with Crippen molar-refractivity contribution in [2.24, 2.45) is 5.92 Å². The maximum absolute atomic E-state index is 12.4. The Morgan fingerprint density at radius 3 is 2.78 bits per heavy atom. The van der Waals surface area contributed by atoms with Crippen LogP contribution >= 0.6 is 23.2 Å². The third kappa shape index (κ3) is 3.36. The fourth-order valence-electron chi connectivity index (χ4n) is 1.88. The first kappa shape index (κ1) is 13.6. The van der Waals surface area contributed by atoms with E-state index in [1.54, 1.807) is 12.1 Å². The third-order valence-corrected chi connectivity index (χ3v) is 3.49. The molecule has 2 rings (SSSR count). The molecule has 98 valence electrons. The predicted molar refractivity (Wildman–Crippen MR) is 73.2 cm³/mol. The van der Waals surface area contributed by atoms with Gasteiger partial charge in [0.05, 0.1) is 5.02 Å². The normalized spacial score (nSPS) is 14.6. The van der Waals surface area contributed by atoms with Crippen molar-refractivity contribution in [3.05, 3.63) is 28.0 Å². The number of carbonyl (C=O) groups excluding carboxylic acids is 1. The summed E-state index contributed by atoms with van der Waals surface area (Å²) >= 11 is 11.8. The number of amides is 1. The van der Waals surface area contributed by atoms with Crippen LogP contribution in [0, 0.1) is 5.92 Å². The van der Waals surface area contributed by atoms with Gasteiger partial charge in [0.15, 0.2) is 0 Å². The summed E-state index contributed by atoms with van der Waals surface area (Å²) in [4.78, 5) is 18.3. The predicted octanol–water partition coefficient (Wildman–Crippen LogP) is 3.65. The van der Waals surface area contributed by atoms with Gasteiger partial charge in [0.1, 0.15) is 10.8 Å². The lowest BCUT2D eigenvalue weighted by Crippen LogP contribution is -2.34. The van der Waals surface area contributed by atoms with Gasteiger partial charge in [-0.1, -0.05) is 30.1 Å². The minimum absolute atomic E-state index is 0.115. The number of halogens is 2. The maximum atomic E-state index is 12.4. The van der Waals surface area contributed by atoms with Crippen LogP contribution in [0.1, 0.15) is 36.7 Å². The van der Waals surface area contributed by atoms with Gasteiger partial charge in [-0.15, -0.1) is 0 Å². The highest BCUT2D eigenvalue weighted by Gasteiger charge is 2.28. The Bertz CT molecular complexity index is 447. The fourth-order valence-corrected chi connectivity index (χ4v) is 2.21. The molecule has 1 heterocycles. The van der Waals surface area contributed by atoms with Gasteiger partial charge in [-0.25, -0.2) is 4.98 Å². The molecular formula is C13H16Cl2N2O. The van der Waals surface area contributed by atoms with Gasteiger partial charge in [-0.2, -0.15) is 0 Å². The van der Waals surface area contributed by atoms with Crippen LogP contribution in [0.3, 0.4) is 0 Å². The van der Waals surface area contributed by atoms with Crippen LogP contribution in [-0.4, -0.2) is 28.9 Å².